The highest BCUT2D eigenvalue weighted by molar-refractivity contribution is 7.85. The summed E-state index contributed by atoms with van der Waals surface area (Å²) in [5, 5.41) is 9.61. The summed E-state index contributed by atoms with van der Waals surface area (Å²) in [5.74, 6) is -0.341. The van der Waals surface area contributed by atoms with Crippen LogP contribution >= 0.6 is 0 Å². The van der Waals surface area contributed by atoms with Gasteiger partial charge >= 0.3 is 0 Å². The van der Waals surface area contributed by atoms with E-state index in [-0.39, 0.29) is 12.2 Å². The zero-order chi connectivity index (χ0) is 17.4. The molecular weight excluding hydrogens is 312 g/mol. The predicted octanol–water partition coefficient (Wildman–Crippen LogP) is 5.11. The zero-order valence-corrected chi connectivity index (χ0v) is 15.8. The molecule has 0 amide bonds. The molecule has 140 valence electrons. The second kappa shape index (κ2) is 15.4. The average molecular weight is 351 g/mol. The molecule has 1 atom stereocenters. The van der Waals surface area contributed by atoms with Gasteiger partial charge in [0.15, 0.2) is 0 Å². The summed E-state index contributed by atoms with van der Waals surface area (Å²) in [6.07, 6.45) is 16.9. The Labute approximate surface area is 143 Å². The maximum absolute atomic E-state index is 10.6. The van der Waals surface area contributed by atoms with Gasteiger partial charge in [-0.15, -0.1) is 0 Å². The molecule has 0 aliphatic heterocycles. The molecule has 0 aromatic rings. The molecule has 23 heavy (non-hydrogen) atoms. The number of aliphatic hydroxyl groups excluding tert-OH is 1. The van der Waals surface area contributed by atoms with E-state index in [0.29, 0.717) is 6.42 Å². The summed E-state index contributed by atoms with van der Waals surface area (Å²) in [7, 11) is -3.94. The summed E-state index contributed by atoms with van der Waals surface area (Å²) >= 11 is 0. The lowest BCUT2D eigenvalue weighted by atomic mass is 10.0. The molecule has 0 saturated heterocycles. The van der Waals surface area contributed by atoms with Gasteiger partial charge in [-0.2, -0.15) is 8.42 Å². The Bertz CT molecular complexity index is 341. The number of unbranched alkanes of at least 4 members (excludes halogenated alkanes) is 12. The first-order valence-corrected chi connectivity index (χ1v) is 11.2. The van der Waals surface area contributed by atoms with Crippen LogP contribution in [0.2, 0.25) is 0 Å². The molecule has 0 rings (SSSR count). The van der Waals surface area contributed by atoms with Crippen LogP contribution in [0.5, 0.6) is 0 Å². The lowest BCUT2D eigenvalue weighted by molar-refractivity contribution is 0.156. The Hall–Kier alpha value is -0.130. The summed E-state index contributed by atoms with van der Waals surface area (Å²) in [6.45, 7) is 2.25. The third-order valence-corrected chi connectivity index (χ3v) is 5.10. The normalized spacial score (nSPS) is 13.3. The number of hydrogen-bond donors (Lipinski definition) is 2. The molecule has 4 nitrogen and oxygen atoms in total. The summed E-state index contributed by atoms with van der Waals surface area (Å²) in [4.78, 5) is 0. The maximum Gasteiger partial charge on any atom is 0.264 e. The van der Waals surface area contributed by atoms with Gasteiger partial charge in [0.1, 0.15) is 0 Å². The van der Waals surface area contributed by atoms with Crippen molar-refractivity contribution in [2.45, 2.75) is 109 Å². The molecule has 0 spiro atoms. The molecule has 1 unspecified atom stereocenters. The van der Waals surface area contributed by atoms with Gasteiger partial charge in [0.25, 0.3) is 10.1 Å². The van der Waals surface area contributed by atoms with E-state index in [1.807, 2.05) is 0 Å². The molecule has 2 N–H and O–H groups in total. The highest BCUT2D eigenvalue weighted by atomic mass is 32.2. The van der Waals surface area contributed by atoms with Crippen molar-refractivity contribution in [3.05, 3.63) is 0 Å². The smallest absolute Gasteiger partial charge is 0.264 e. The van der Waals surface area contributed by atoms with E-state index >= 15 is 0 Å². The van der Waals surface area contributed by atoms with Crippen molar-refractivity contribution >= 4 is 10.1 Å². The summed E-state index contributed by atoms with van der Waals surface area (Å²) < 4.78 is 29.7. The van der Waals surface area contributed by atoms with Gasteiger partial charge in [0.2, 0.25) is 0 Å². The zero-order valence-electron chi connectivity index (χ0n) is 15.0. The highest BCUT2D eigenvalue weighted by Gasteiger charge is 2.10. The predicted molar refractivity (Wildman–Crippen MR) is 97.4 cm³/mol. The van der Waals surface area contributed by atoms with Crippen molar-refractivity contribution in [1.82, 2.24) is 0 Å². The fourth-order valence-electron chi connectivity index (χ4n) is 2.83. The summed E-state index contributed by atoms with van der Waals surface area (Å²) in [6, 6.07) is 0. The maximum atomic E-state index is 10.6. The summed E-state index contributed by atoms with van der Waals surface area (Å²) in [5.41, 5.74) is 0. The number of rotatable bonds is 17. The van der Waals surface area contributed by atoms with Gasteiger partial charge in [-0.25, -0.2) is 0 Å². The molecular formula is C18H38O4S. The van der Waals surface area contributed by atoms with Crippen LogP contribution in [0, 0.1) is 0 Å². The Kier molecular flexibility index (Phi) is 15.3. The third kappa shape index (κ3) is 19.8. The van der Waals surface area contributed by atoms with Crippen LogP contribution in [0.15, 0.2) is 0 Å². The van der Waals surface area contributed by atoms with Crippen molar-refractivity contribution in [2.24, 2.45) is 0 Å². The molecule has 0 aromatic carbocycles. The van der Waals surface area contributed by atoms with Crippen LogP contribution in [-0.4, -0.2) is 29.9 Å². The van der Waals surface area contributed by atoms with Gasteiger partial charge in [0.05, 0.1) is 11.9 Å². The van der Waals surface area contributed by atoms with Crippen molar-refractivity contribution in [2.75, 3.05) is 5.75 Å². The molecule has 0 saturated carbocycles. The highest BCUT2D eigenvalue weighted by Crippen LogP contribution is 2.14. The van der Waals surface area contributed by atoms with Crippen LogP contribution in [0.3, 0.4) is 0 Å². The van der Waals surface area contributed by atoms with E-state index < -0.39 is 16.2 Å². The van der Waals surface area contributed by atoms with Crippen molar-refractivity contribution in [1.29, 1.82) is 0 Å². The number of hydrogen-bond acceptors (Lipinski definition) is 3. The third-order valence-electron chi connectivity index (χ3n) is 4.35. The van der Waals surface area contributed by atoms with Gasteiger partial charge in [-0.1, -0.05) is 90.4 Å². The van der Waals surface area contributed by atoms with Crippen LogP contribution in [-0.2, 0) is 10.1 Å². The first-order valence-electron chi connectivity index (χ1n) is 9.59. The molecule has 0 aromatic heterocycles. The molecule has 0 aliphatic rings. The largest absolute Gasteiger partial charge is 0.393 e. The Morgan fingerprint density at radius 1 is 0.696 bits per heavy atom. The van der Waals surface area contributed by atoms with E-state index in [4.69, 9.17) is 4.55 Å². The molecule has 0 aliphatic carbocycles. The van der Waals surface area contributed by atoms with E-state index in [2.05, 4.69) is 6.92 Å². The van der Waals surface area contributed by atoms with Crippen LogP contribution in [0.1, 0.15) is 103 Å². The Morgan fingerprint density at radius 3 is 1.48 bits per heavy atom. The Balaban J connectivity index is 3.18. The molecule has 5 heteroatoms. The van der Waals surface area contributed by atoms with Gasteiger partial charge in [-0.3, -0.25) is 4.55 Å². The first-order chi connectivity index (χ1) is 11.0. The minimum atomic E-state index is -3.94. The molecule has 0 fully saturated rings. The average Bonchev–Trinajstić information content (AvgIpc) is 2.49. The van der Waals surface area contributed by atoms with Crippen molar-refractivity contribution in [3.63, 3.8) is 0 Å². The van der Waals surface area contributed by atoms with E-state index in [9.17, 15) is 13.5 Å². The lowest BCUT2D eigenvalue weighted by Gasteiger charge is -2.09. The quantitative estimate of drug-likeness (QED) is 0.282. The van der Waals surface area contributed by atoms with E-state index in [1.54, 1.807) is 0 Å². The minimum Gasteiger partial charge on any atom is -0.393 e. The molecule has 0 radical (unpaired) electrons. The fourth-order valence-corrected chi connectivity index (χ4v) is 3.40. The van der Waals surface area contributed by atoms with E-state index in [0.717, 1.165) is 12.8 Å². The monoisotopic (exact) mass is 350 g/mol. The topological polar surface area (TPSA) is 74.6 Å². The van der Waals surface area contributed by atoms with Crippen LogP contribution < -0.4 is 0 Å². The van der Waals surface area contributed by atoms with Gasteiger partial charge in [0, 0.05) is 0 Å². The lowest BCUT2D eigenvalue weighted by Crippen LogP contribution is -2.14. The minimum absolute atomic E-state index is 0.136. The fraction of sp³-hybridized carbons (Fsp3) is 1.00. The standard InChI is InChI=1S/C18H38O4S/c1-2-3-4-5-6-7-8-9-10-11-12-13-14-15-18(19)16-17-23(20,21)22/h18-19H,2-17H2,1H3,(H,20,21,22). The Morgan fingerprint density at radius 2 is 1.09 bits per heavy atom. The van der Waals surface area contributed by atoms with E-state index in [1.165, 1.54) is 70.6 Å². The van der Waals surface area contributed by atoms with Crippen LogP contribution in [0.25, 0.3) is 0 Å². The second-order valence-electron chi connectivity index (χ2n) is 6.76. The van der Waals surface area contributed by atoms with Gasteiger partial charge in [-0.05, 0) is 12.8 Å². The number of aliphatic hydroxyl groups is 1. The van der Waals surface area contributed by atoms with Gasteiger partial charge < -0.3 is 5.11 Å². The second-order valence-corrected chi connectivity index (χ2v) is 8.33. The first kappa shape index (κ1) is 22.9. The van der Waals surface area contributed by atoms with Crippen molar-refractivity contribution < 1.29 is 18.1 Å². The van der Waals surface area contributed by atoms with Crippen LogP contribution in [0.4, 0.5) is 0 Å². The SMILES string of the molecule is CCCCCCCCCCCCCCCC(O)CCS(=O)(=O)O. The molecule has 0 bridgehead atoms. The van der Waals surface area contributed by atoms with Crippen molar-refractivity contribution in [3.8, 4) is 0 Å². The molecule has 0 heterocycles.